The van der Waals surface area contributed by atoms with Crippen LogP contribution < -0.4 is 4.74 Å². The standard InChI is InChI=1S/C21H28O3/c1-14(19(22)24-21(5,6)20(2,3)4)15-8-9-17-13-18(23-7)11-10-16(17)12-15/h8-14H,1-7H3/t14-/m0/s1. The Bertz CT molecular complexity index is 738. The van der Waals surface area contributed by atoms with Crippen molar-refractivity contribution in [3.8, 4) is 5.75 Å². The van der Waals surface area contributed by atoms with E-state index >= 15 is 0 Å². The van der Waals surface area contributed by atoms with Crippen molar-refractivity contribution in [3.63, 3.8) is 0 Å². The summed E-state index contributed by atoms with van der Waals surface area (Å²) in [6.07, 6.45) is 0. The molecule has 0 fully saturated rings. The molecule has 0 spiro atoms. The molecule has 2 aromatic rings. The van der Waals surface area contributed by atoms with Crippen molar-refractivity contribution in [1.82, 2.24) is 0 Å². The number of carbonyl (C=O) groups excluding carboxylic acids is 1. The molecule has 0 aliphatic heterocycles. The van der Waals surface area contributed by atoms with E-state index in [2.05, 4.69) is 20.8 Å². The molecule has 130 valence electrons. The van der Waals surface area contributed by atoms with Gasteiger partial charge in [0.25, 0.3) is 0 Å². The second kappa shape index (κ2) is 6.46. The van der Waals surface area contributed by atoms with Crippen molar-refractivity contribution in [1.29, 1.82) is 0 Å². The van der Waals surface area contributed by atoms with Gasteiger partial charge < -0.3 is 9.47 Å². The number of benzene rings is 2. The summed E-state index contributed by atoms with van der Waals surface area (Å²) in [5.74, 6) is 0.329. The molecule has 0 radical (unpaired) electrons. The molecule has 3 nitrogen and oxygen atoms in total. The SMILES string of the molecule is COc1ccc2cc([C@H](C)C(=O)OC(C)(C)C(C)(C)C)ccc2c1. The van der Waals surface area contributed by atoms with E-state index in [1.54, 1.807) is 7.11 Å². The third kappa shape index (κ3) is 3.72. The van der Waals surface area contributed by atoms with Crippen LogP contribution in [0.5, 0.6) is 5.75 Å². The summed E-state index contributed by atoms with van der Waals surface area (Å²) in [6, 6.07) is 12.0. The summed E-state index contributed by atoms with van der Waals surface area (Å²) in [7, 11) is 1.66. The number of hydrogen-bond donors (Lipinski definition) is 0. The highest BCUT2D eigenvalue weighted by Gasteiger charge is 2.37. The lowest BCUT2D eigenvalue weighted by molar-refractivity contribution is -0.168. The Hall–Kier alpha value is -2.03. The van der Waals surface area contributed by atoms with Gasteiger partial charge in [0.2, 0.25) is 0 Å². The topological polar surface area (TPSA) is 35.5 Å². The molecular weight excluding hydrogens is 300 g/mol. The van der Waals surface area contributed by atoms with Crippen LogP contribution >= 0.6 is 0 Å². The van der Waals surface area contributed by atoms with Crippen LogP contribution in [0.15, 0.2) is 36.4 Å². The van der Waals surface area contributed by atoms with Gasteiger partial charge in [0, 0.05) is 5.41 Å². The fourth-order valence-electron chi connectivity index (χ4n) is 2.27. The summed E-state index contributed by atoms with van der Waals surface area (Å²) in [6.45, 7) is 12.1. The number of esters is 1. The predicted molar refractivity (Wildman–Crippen MR) is 98.5 cm³/mol. The van der Waals surface area contributed by atoms with Crippen molar-refractivity contribution in [3.05, 3.63) is 42.0 Å². The zero-order valence-electron chi connectivity index (χ0n) is 15.8. The summed E-state index contributed by atoms with van der Waals surface area (Å²) < 4.78 is 11.1. The molecule has 0 aromatic heterocycles. The third-order valence-electron chi connectivity index (χ3n) is 5.09. The zero-order chi connectivity index (χ0) is 18.1. The predicted octanol–water partition coefficient (Wildman–Crippen LogP) is 5.32. The minimum absolute atomic E-state index is 0.123. The van der Waals surface area contributed by atoms with Gasteiger partial charge in [-0.3, -0.25) is 4.79 Å². The Kier molecular flexibility index (Phi) is 4.93. The van der Waals surface area contributed by atoms with Gasteiger partial charge in [0.15, 0.2) is 0 Å². The lowest BCUT2D eigenvalue weighted by Crippen LogP contribution is -2.42. The molecular formula is C21H28O3. The van der Waals surface area contributed by atoms with Gasteiger partial charge in [-0.05, 0) is 49.2 Å². The number of rotatable bonds is 4. The van der Waals surface area contributed by atoms with Crippen LogP contribution in [0.4, 0.5) is 0 Å². The van der Waals surface area contributed by atoms with Crippen LogP contribution in [0.1, 0.15) is 53.0 Å². The molecule has 3 heteroatoms. The summed E-state index contributed by atoms with van der Waals surface area (Å²) in [4.78, 5) is 12.6. The van der Waals surface area contributed by atoms with Gasteiger partial charge in [-0.1, -0.05) is 45.0 Å². The van der Waals surface area contributed by atoms with E-state index in [0.717, 1.165) is 22.1 Å². The first-order valence-electron chi connectivity index (χ1n) is 8.36. The van der Waals surface area contributed by atoms with Gasteiger partial charge in [0.05, 0.1) is 13.0 Å². The van der Waals surface area contributed by atoms with Crippen LogP contribution in [0.25, 0.3) is 10.8 Å². The van der Waals surface area contributed by atoms with Crippen molar-refractivity contribution >= 4 is 16.7 Å². The number of carbonyl (C=O) groups is 1. The molecule has 0 saturated heterocycles. The molecule has 0 saturated carbocycles. The Balaban J connectivity index is 2.24. The van der Waals surface area contributed by atoms with Crippen LogP contribution in [-0.2, 0) is 9.53 Å². The quantitative estimate of drug-likeness (QED) is 0.713. The highest BCUT2D eigenvalue weighted by molar-refractivity contribution is 5.86. The van der Waals surface area contributed by atoms with E-state index < -0.39 is 5.60 Å². The summed E-state index contributed by atoms with van der Waals surface area (Å²) >= 11 is 0. The maximum atomic E-state index is 12.6. The number of fused-ring (bicyclic) bond motifs is 1. The average molecular weight is 328 g/mol. The van der Waals surface area contributed by atoms with E-state index in [9.17, 15) is 4.79 Å². The minimum Gasteiger partial charge on any atom is -0.497 e. The highest BCUT2D eigenvalue weighted by Crippen LogP contribution is 2.35. The molecule has 24 heavy (non-hydrogen) atoms. The van der Waals surface area contributed by atoms with Crippen LogP contribution in [0.3, 0.4) is 0 Å². The Morgan fingerprint density at radius 2 is 1.54 bits per heavy atom. The van der Waals surface area contributed by atoms with Crippen LogP contribution in [0, 0.1) is 5.41 Å². The van der Waals surface area contributed by atoms with E-state index in [1.807, 2.05) is 57.2 Å². The highest BCUT2D eigenvalue weighted by atomic mass is 16.6. The molecule has 1 atom stereocenters. The van der Waals surface area contributed by atoms with Crippen LogP contribution in [-0.4, -0.2) is 18.7 Å². The van der Waals surface area contributed by atoms with Gasteiger partial charge in [-0.25, -0.2) is 0 Å². The lowest BCUT2D eigenvalue weighted by atomic mass is 9.79. The average Bonchev–Trinajstić information content (AvgIpc) is 2.51. The van der Waals surface area contributed by atoms with Gasteiger partial charge in [0.1, 0.15) is 11.4 Å². The molecule has 0 aliphatic rings. The maximum absolute atomic E-state index is 12.6. The van der Waals surface area contributed by atoms with Crippen molar-refractivity contribution in [2.24, 2.45) is 5.41 Å². The van der Waals surface area contributed by atoms with E-state index in [1.165, 1.54) is 0 Å². The monoisotopic (exact) mass is 328 g/mol. The van der Waals surface area contributed by atoms with Crippen molar-refractivity contribution in [2.45, 2.75) is 53.1 Å². The normalized spacial score (nSPS) is 13.6. The lowest BCUT2D eigenvalue weighted by Gasteiger charge is -2.38. The number of ether oxygens (including phenoxy) is 2. The zero-order valence-corrected chi connectivity index (χ0v) is 15.8. The molecule has 0 unspecified atom stereocenters. The fourth-order valence-corrected chi connectivity index (χ4v) is 2.27. The van der Waals surface area contributed by atoms with Crippen LogP contribution in [0.2, 0.25) is 0 Å². The van der Waals surface area contributed by atoms with E-state index in [0.29, 0.717) is 0 Å². The van der Waals surface area contributed by atoms with Gasteiger partial charge in [-0.15, -0.1) is 0 Å². The van der Waals surface area contributed by atoms with Crippen molar-refractivity contribution in [2.75, 3.05) is 7.11 Å². The first-order chi connectivity index (χ1) is 11.0. The van der Waals surface area contributed by atoms with E-state index in [4.69, 9.17) is 9.47 Å². The smallest absolute Gasteiger partial charge is 0.313 e. The molecule has 0 N–H and O–H groups in total. The first-order valence-corrected chi connectivity index (χ1v) is 8.36. The molecule has 0 amide bonds. The molecule has 2 rings (SSSR count). The fraction of sp³-hybridized carbons (Fsp3) is 0.476. The molecule has 2 aromatic carbocycles. The second-order valence-corrected chi connectivity index (χ2v) is 7.88. The minimum atomic E-state index is -0.525. The summed E-state index contributed by atoms with van der Waals surface area (Å²) in [5.41, 5.74) is 0.313. The van der Waals surface area contributed by atoms with Gasteiger partial charge >= 0.3 is 5.97 Å². The largest absolute Gasteiger partial charge is 0.497 e. The van der Waals surface area contributed by atoms with E-state index in [-0.39, 0.29) is 17.3 Å². The number of methoxy groups -OCH3 is 1. The first kappa shape index (κ1) is 18.3. The molecule has 0 aliphatic carbocycles. The summed E-state index contributed by atoms with van der Waals surface area (Å²) in [5, 5.41) is 2.18. The third-order valence-corrected chi connectivity index (χ3v) is 5.09. The Morgan fingerprint density at radius 3 is 2.12 bits per heavy atom. The molecule has 0 bridgehead atoms. The maximum Gasteiger partial charge on any atom is 0.313 e. The van der Waals surface area contributed by atoms with Gasteiger partial charge in [-0.2, -0.15) is 0 Å². The Morgan fingerprint density at radius 1 is 0.958 bits per heavy atom. The second-order valence-electron chi connectivity index (χ2n) is 7.88. The Labute approximate surface area is 145 Å². The number of hydrogen-bond acceptors (Lipinski definition) is 3. The van der Waals surface area contributed by atoms with Crippen molar-refractivity contribution < 1.29 is 14.3 Å². The molecule has 0 heterocycles.